The average Bonchev–Trinajstić information content (AvgIpc) is 2.74. The van der Waals surface area contributed by atoms with Crippen molar-refractivity contribution in [3.8, 4) is 11.5 Å². The van der Waals surface area contributed by atoms with Gasteiger partial charge in [-0.1, -0.05) is 47.5 Å². The molecule has 30 heavy (non-hydrogen) atoms. The lowest BCUT2D eigenvalue weighted by Gasteiger charge is -2.38. The van der Waals surface area contributed by atoms with Crippen LogP contribution in [0.25, 0.3) is 0 Å². The third kappa shape index (κ3) is 4.05. The van der Waals surface area contributed by atoms with Crippen LogP contribution in [0.5, 0.6) is 11.5 Å². The molecule has 3 nitrogen and oxygen atoms in total. The number of methoxy groups -OCH3 is 2. The molecule has 4 heteroatoms. The third-order valence-electron chi connectivity index (χ3n) is 6.01. The van der Waals surface area contributed by atoms with E-state index in [1.165, 1.54) is 33.4 Å². The van der Waals surface area contributed by atoms with E-state index in [0.717, 1.165) is 36.0 Å². The second kappa shape index (κ2) is 8.71. The molecule has 1 aliphatic rings. The van der Waals surface area contributed by atoms with Crippen LogP contribution in [0, 0.1) is 13.8 Å². The van der Waals surface area contributed by atoms with Crippen LogP contribution in [-0.2, 0) is 13.0 Å². The van der Waals surface area contributed by atoms with Gasteiger partial charge in [-0.3, -0.25) is 4.90 Å². The molecule has 3 aromatic carbocycles. The number of hydrogen-bond acceptors (Lipinski definition) is 3. The van der Waals surface area contributed by atoms with E-state index in [1.807, 2.05) is 12.1 Å². The van der Waals surface area contributed by atoms with Gasteiger partial charge in [0, 0.05) is 18.1 Å². The molecule has 1 atom stereocenters. The molecule has 0 bridgehead atoms. The largest absolute Gasteiger partial charge is 0.493 e. The third-order valence-corrected chi connectivity index (χ3v) is 6.24. The second-order valence-corrected chi connectivity index (χ2v) is 8.45. The average molecular weight is 422 g/mol. The number of halogens is 1. The lowest BCUT2D eigenvalue weighted by Crippen LogP contribution is -2.36. The Kier molecular flexibility index (Phi) is 6.03. The normalized spacial score (nSPS) is 16.2. The molecule has 0 fully saturated rings. The molecule has 156 valence electrons. The molecule has 0 saturated heterocycles. The summed E-state index contributed by atoms with van der Waals surface area (Å²) in [6, 6.07) is 19.3. The predicted molar refractivity (Wildman–Crippen MR) is 123 cm³/mol. The summed E-state index contributed by atoms with van der Waals surface area (Å²) in [6.45, 7) is 6.19. The highest BCUT2D eigenvalue weighted by Crippen LogP contribution is 2.42. The Bertz CT molecular complexity index is 1060. The van der Waals surface area contributed by atoms with Crippen molar-refractivity contribution in [2.45, 2.75) is 32.9 Å². The first kappa shape index (κ1) is 20.8. The minimum atomic E-state index is 0.105. The highest BCUT2D eigenvalue weighted by atomic mass is 35.5. The fraction of sp³-hybridized carbons (Fsp3) is 0.308. The zero-order chi connectivity index (χ0) is 21.3. The van der Waals surface area contributed by atoms with E-state index in [9.17, 15) is 0 Å². The maximum Gasteiger partial charge on any atom is 0.161 e. The molecule has 4 rings (SSSR count). The monoisotopic (exact) mass is 421 g/mol. The van der Waals surface area contributed by atoms with Gasteiger partial charge in [0.2, 0.25) is 0 Å². The van der Waals surface area contributed by atoms with Crippen LogP contribution in [-0.4, -0.2) is 25.7 Å². The zero-order valence-electron chi connectivity index (χ0n) is 18.0. The number of nitrogens with zero attached hydrogens (tertiary/aromatic N) is 1. The highest BCUT2D eigenvalue weighted by molar-refractivity contribution is 6.30. The van der Waals surface area contributed by atoms with E-state index in [2.05, 4.69) is 61.2 Å². The topological polar surface area (TPSA) is 21.7 Å². The van der Waals surface area contributed by atoms with Gasteiger partial charge in [0.25, 0.3) is 0 Å². The van der Waals surface area contributed by atoms with Crippen LogP contribution in [0.15, 0.2) is 54.6 Å². The van der Waals surface area contributed by atoms with Crippen molar-refractivity contribution in [2.24, 2.45) is 0 Å². The standard InChI is InChI=1S/C26H28ClNO2/c1-17-8-9-21(18(2)12-17)16-28-11-10-19-14-24(29-3)25(30-4)15-23(19)26(28)20-6-5-7-22(27)13-20/h5-9,12-15,26H,10-11,16H2,1-4H3. The van der Waals surface area contributed by atoms with Crippen molar-refractivity contribution in [3.63, 3.8) is 0 Å². The first-order chi connectivity index (χ1) is 14.5. The lowest BCUT2D eigenvalue weighted by atomic mass is 9.87. The van der Waals surface area contributed by atoms with Gasteiger partial charge in [0.15, 0.2) is 11.5 Å². The molecular weight excluding hydrogens is 394 g/mol. The van der Waals surface area contributed by atoms with Crippen molar-refractivity contribution >= 4 is 11.6 Å². The van der Waals surface area contributed by atoms with Crippen LogP contribution in [0.4, 0.5) is 0 Å². The van der Waals surface area contributed by atoms with Gasteiger partial charge in [-0.15, -0.1) is 0 Å². The van der Waals surface area contributed by atoms with Gasteiger partial charge in [-0.2, -0.15) is 0 Å². The van der Waals surface area contributed by atoms with Crippen LogP contribution >= 0.6 is 11.6 Å². The first-order valence-electron chi connectivity index (χ1n) is 10.3. The predicted octanol–water partition coefficient (Wildman–Crippen LogP) is 6.12. The fourth-order valence-corrected chi connectivity index (χ4v) is 4.68. The molecule has 0 aliphatic carbocycles. The Morgan fingerprint density at radius 3 is 2.43 bits per heavy atom. The fourth-order valence-electron chi connectivity index (χ4n) is 4.48. The molecule has 1 aliphatic heterocycles. The summed E-state index contributed by atoms with van der Waals surface area (Å²) < 4.78 is 11.2. The maximum atomic E-state index is 6.38. The quantitative estimate of drug-likeness (QED) is 0.495. The number of aryl methyl sites for hydroxylation is 2. The molecule has 0 amide bonds. The van der Waals surface area contributed by atoms with Gasteiger partial charge in [0.1, 0.15) is 0 Å². The summed E-state index contributed by atoms with van der Waals surface area (Å²) in [7, 11) is 3.38. The summed E-state index contributed by atoms with van der Waals surface area (Å²) >= 11 is 6.38. The minimum Gasteiger partial charge on any atom is -0.493 e. The number of hydrogen-bond donors (Lipinski definition) is 0. The zero-order valence-corrected chi connectivity index (χ0v) is 18.8. The summed E-state index contributed by atoms with van der Waals surface area (Å²) in [5.74, 6) is 1.54. The summed E-state index contributed by atoms with van der Waals surface area (Å²) in [4.78, 5) is 2.54. The van der Waals surface area contributed by atoms with Gasteiger partial charge in [-0.25, -0.2) is 0 Å². The Hall–Kier alpha value is -2.49. The van der Waals surface area contributed by atoms with E-state index in [-0.39, 0.29) is 6.04 Å². The SMILES string of the molecule is COc1cc2c(cc1OC)C(c1cccc(Cl)c1)N(Cc1ccc(C)cc1C)CC2. The van der Waals surface area contributed by atoms with Gasteiger partial charge >= 0.3 is 0 Å². The molecule has 0 saturated carbocycles. The van der Waals surface area contributed by atoms with Gasteiger partial charge < -0.3 is 9.47 Å². The van der Waals surface area contributed by atoms with Crippen molar-refractivity contribution in [3.05, 3.63) is 93.0 Å². The lowest BCUT2D eigenvalue weighted by molar-refractivity contribution is 0.203. The van der Waals surface area contributed by atoms with E-state index < -0.39 is 0 Å². The molecule has 0 aromatic heterocycles. The van der Waals surface area contributed by atoms with E-state index >= 15 is 0 Å². The maximum absolute atomic E-state index is 6.38. The van der Waals surface area contributed by atoms with E-state index in [0.29, 0.717) is 0 Å². The molecular formula is C26H28ClNO2. The summed E-state index contributed by atoms with van der Waals surface area (Å²) in [5, 5.41) is 0.756. The molecule has 0 spiro atoms. The molecule has 3 aromatic rings. The first-order valence-corrected chi connectivity index (χ1v) is 10.7. The second-order valence-electron chi connectivity index (χ2n) is 8.01. The van der Waals surface area contributed by atoms with Crippen LogP contribution in [0.2, 0.25) is 5.02 Å². The Balaban J connectivity index is 1.81. The highest BCUT2D eigenvalue weighted by Gasteiger charge is 2.30. The van der Waals surface area contributed by atoms with Crippen molar-refractivity contribution in [1.82, 2.24) is 4.90 Å². The summed E-state index contributed by atoms with van der Waals surface area (Å²) in [6.07, 6.45) is 0.970. The molecule has 0 radical (unpaired) electrons. The Morgan fingerprint density at radius 1 is 0.967 bits per heavy atom. The summed E-state index contributed by atoms with van der Waals surface area (Å²) in [5.41, 5.74) is 7.74. The van der Waals surface area contributed by atoms with Gasteiger partial charge in [-0.05, 0) is 72.4 Å². The van der Waals surface area contributed by atoms with E-state index in [1.54, 1.807) is 14.2 Å². The van der Waals surface area contributed by atoms with Crippen molar-refractivity contribution in [1.29, 1.82) is 0 Å². The number of ether oxygens (including phenoxy) is 2. The van der Waals surface area contributed by atoms with Crippen LogP contribution < -0.4 is 9.47 Å². The number of rotatable bonds is 5. The minimum absolute atomic E-state index is 0.105. The van der Waals surface area contributed by atoms with Crippen molar-refractivity contribution < 1.29 is 9.47 Å². The number of benzene rings is 3. The number of fused-ring (bicyclic) bond motifs is 1. The molecule has 1 heterocycles. The molecule has 0 N–H and O–H groups in total. The Labute approximate surface area is 184 Å². The Morgan fingerprint density at radius 2 is 1.73 bits per heavy atom. The smallest absolute Gasteiger partial charge is 0.161 e. The van der Waals surface area contributed by atoms with Gasteiger partial charge in [0.05, 0.1) is 20.3 Å². The van der Waals surface area contributed by atoms with Crippen molar-refractivity contribution in [2.75, 3.05) is 20.8 Å². The van der Waals surface area contributed by atoms with Crippen LogP contribution in [0.3, 0.4) is 0 Å². The molecule has 1 unspecified atom stereocenters. The van der Waals surface area contributed by atoms with E-state index in [4.69, 9.17) is 21.1 Å². The van der Waals surface area contributed by atoms with Crippen LogP contribution in [0.1, 0.15) is 39.4 Å².